The molecule has 0 aromatic heterocycles. The van der Waals surface area contributed by atoms with E-state index < -0.39 is 11.6 Å². The van der Waals surface area contributed by atoms with Gasteiger partial charge in [0.15, 0.2) is 5.60 Å². The Bertz CT molecular complexity index is 253. The van der Waals surface area contributed by atoms with E-state index in [4.69, 9.17) is 0 Å². The number of carbonyl (C=O) groups excluding carboxylic acids is 1. The van der Waals surface area contributed by atoms with Gasteiger partial charge in [0, 0.05) is 13.1 Å². The fourth-order valence-electron chi connectivity index (χ4n) is 2.21. The molecule has 1 aliphatic heterocycles. The van der Waals surface area contributed by atoms with Crippen LogP contribution in [-0.2, 0) is 9.53 Å². The molecule has 3 atom stereocenters. The Kier molecular flexibility index (Phi) is 4.33. The van der Waals surface area contributed by atoms with Gasteiger partial charge in [-0.25, -0.2) is 4.79 Å². The number of β-amino-alcohol motifs (C(OH)–C–C–N with tert-alkyl or cyclic N) is 1. The first-order valence-electron chi connectivity index (χ1n) is 5.90. The van der Waals surface area contributed by atoms with Crippen LogP contribution in [0, 0.1) is 11.8 Å². The average molecular weight is 229 g/mol. The molecule has 0 saturated carbocycles. The van der Waals surface area contributed by atoms with E-state index in [9.17, 15) is 9.90 Å². The largest absolute Gasteiger partial charge is 0.467 e. The minimum atomic E-state index is -1.39. The quantitative estimate of drug-likeness (QED) is 0.730. The van der Waals surface area contributed by atoms with Crippen LogP contribution >= 0.6 is 0 Å². The second-order valence-corrected chi connectivity index (χ2v) is 5.24. The van der Waals surface area contributed by atoms with Gasteiger partial charge in [-0.1, -0.05) is 13.8 Å². The van der Waals surface area contributed by atoms with Crippen LogP contribution in [0.25, 0.3) is 0 Å². The summed E-state index contributed by atoms with van der Waals surface area (Å²) in [6.45, 7) is 8.22. The molecule has 0 spiro atoms. The van der Waals surface area contributed by atoms with Gasteiger partial charge >= 0.3 is 5.97 Å². The third kappa shape index (κ3) is 3.19. The Morgan fingerprint density at radius 1 is 1.50 bits per heavy atom. The van der Waals surface area contributed by atoms with Gasteiger partial charge in [0.1, 0.15) is 0 Å². The normalized spacial score (nSPS) is 30.8. The number of rotatable bonds is 3. The number of methoxy groups -OCH3 is 1. The molecule has 1 N–H and O–H groups in total. The topological polar surface area (TPSA) is 49.8 Å². The standard InChI is InChI=1S/C12H23NO3/c1-9-5-6-13(7-10(9)2)8-12(3,15)11(14)16-4/h9-10,15H,5-8H2,1-4H3. The summed E-state index contributed by atoms with van der Waals surface area (Å²) in [5, 5.41) is 9.97. The van der Waals surface area contributed by atoms with E-state index >= 15 is 0 Å². The zero-order valence-electron chi connectivity index (χ0n) is 10.7. The van der Waals surface area contributed by atoms with E-state index in [-0.39, 0.29) is 0 Å². The van der Waals surface area contributed by atoms with Gasteiger partial charge in [0.25, 0.3) is 0 Å². The van der Waals surface area contributed by atoms with Crippen molar-refractivity contribution >= 4 is 5.97 Å². The van der Waals surface area contributed by atoms with Gasteiger partial charge in [-0.15, -0.1) is 0 Å². The molecule has 1 heterocycles. The smallest absolute Gasteiger partial charge is 0.338 e. The lowest BCUT2D eigenvalue weighted by Gasteiger charge is -2.38. The van der Waals surface area contributed by atoms with Crippen molar-refractivity contribution in [3.05, 3.63) is 0 Å². The van der Waals surface area contributed by atoms with Gasteiger partial charge in [0.2, 0.25) is 0 Å². The highest BCUT2D eigenvalue weighted by atomic mass is 16.5. The molecule has 0 aromatic carbocycles. The summed E-state index contributed by atoms with van der Waals surface area (Å²) in [6.07, 6.45) is 1.12. The Hall–Kier alpha value is -0.610. The summed E-state index contributed by atoms with van der Waals surface area (Å²) in [4.78, 5) is 13.5. The highest BCUT2D eigenvalue weighted by Gasteiger charge is 2.35. The summed E-state index contributed by atoms with van der Waals surface area (Å²) < 4.78 is 4.59. The van der Waals surface area contributed by atoms with Crippen LogP contribution in [0.5, 0.6) is 0 Å². The lowest BCUT2D eigenvalue weighted by molar-refractivity contribution is -0.162. The molecule has 1 rings (SSSR count). The first kappa shape index (κ1) is 13.5. The van der Waals surface area contributed by atoms with Crippen molar-refractivity contribution in [2.24, 2.45) is 11.8 Å². The van der Waals surface area contributed by atoms with Crippen LogP contribution in [0.15, 0.2) is 0 Å². The molecule has 0 aliphatic carbocycles. The van der Waals surface area contributed by atoms with E-state index in [1.54, 1.807) is 0 Å². The number of likely N-dealkylation sites (tertiary alicyclic amines) is 1. The zero-order chi connectivity index (χ0) is 12.3. The van der Waals surface area contributed by atoms with Crippen molar-refractivity contribution in [2.45, 2.75) is 32.8 Å². The maximum Gasteiger partial charge on any atom is 0.338 e. The lowest BCUT2D eigenvalue weighted by Crippen LogP contribution is -2.50. The molecule has 0 radical (unpaired) electrons. The van der Waals surface area contributed by atoms with Gasteiger partial charge < -0.3 is 9.84 Å². The molecule has 1 fully saturated rings. The number of piperidine rings is 1. The number of carbonyl (C=O) groups is 1. The fraction of sp³-hybridized carbons (Fsp3) is 0.917. The fourth-order valence-corrected chi connectivity index (χ4v) is 2.21. The molecule has 4 heteroatoms. The second kappa shape index (κ2) is 5.15. The number of esters is 1. The maximum atomic E-state index is 11.4. The van der Waals surface area contributed by atoms with Crippen molar-refractivity contribution in [1.29, 1.82) is 0 Å². The molecule has 16 heavy (non-hydrogen) atoms. The minimum Gasteiger partial charge on any atom is -0.467 e. The SMILES string of the molecule is COC(=O)C(C)(O)CN1CCC(C)C(C)C1. The lowest BCUT2D eigenvalue weighted by atomic mass is 9.88. The van der Waals surface area contributed by atoms with E-state index in [1.807, 2.05) is 0 Å². The van der Waals surface area contributed by atoms with Crippen LogP contribution in [0.2, 0.25) is 0 Å². The monoisotopic (exact) mass is 229 g/mol. The van der Waals surface area contributed by atoms with E-state index in [0.29, 0.717) is 12.5 Å². The van der Waals surface area contributed by atoms with Crippen molar-refractivity contribution in [2.75, 3.05) is 26.7 Å². The molecule has 1 saturated heterocycles. The molecule has 3 unspecified atom stereocenters. The average Bonchev–Trinajstić information content (AvgIpc) is 2.22. The van der Waals surface area contributed by atoms with Crippen LogP contribution < -0.4 is 0 Å². The number of hydrogen-bond donors (Lipinski definition) is 1. The predicted octanol–water partition coefficient (Wildman–Crippen LogP) is 0.888. The molecule has 94 valence electrons. The summed E-state index contributed by atoms with van der Waals surface area (Å²) >= 11 is 0. The highest BCUT2D eigenvalue weighted by Crippen LogP contribution is 2.23. The van der Waals surface area contributed by atoms with Crippen molar-refractivity contribution in [3.63, 3.8) is 0 Å². The number of ether oxygens (including phenoxy) is 1. The zero-order valence-corrected chi connectivity index (χ0v) is 10.7. The van der Waals surface area contributed by atoms with Crippen LogP contribution in [-0.4, -0.2) is 48.3 Å². The third-order valence-electron chi connectivity index (χ3n) is 3.57. The summed E-state index contributed by atoms with van der Waals surface area (Å²) in [5.41, 5.74) is -1.39. The molecule has 0 amide bonds. The first-order chi connectivity index (χ1) is 7.36. The summed E-state index contributed by atoms with van der Waals surface area (Å²) in [7, 11) is 1.30. The van der Waals surface area contributed by atoms with Crippen LogP contribution in [0.3, 0.4) is 0 Å². The molecular weight excluding hydrogens is 206 g/mol. The van der Waals surface area contributed by atoms with Crippen LogP contribution in [0.4, 0.5) is 0 Å². The minimum absolute atomic E-state index is 0.358. The third-order valence-corrected chi connectivity index (χ3v) is 3.57. The Morgan fingerprint density at radius 3 is 2.62 bits per heavy atom. The molecule has 4 nitrogen and oxygen atoms in total. The van der Waals surface area contributed by atoms with Crippen LogP contribution in [0.1, 0.15) is 27.2 Å². The van der Waals surface area contributed by atoms with Crippen molar-refractivity contribution in [1.82, 2.24) is 4.90 Å². The Balaban J connectivity index is 2.51. The van der Waals surface area contributed by atoms with Gasteiger partial charge in [-0.05, 0) is 31.7 Å². The molecule has 1 aliphatic rings. The predicted molar refractivity (Wildman–Crippen MR) is 62.0 cm³/mol. The van der Waals surface area contributed by atoms with Gasteiger partial charge in [-0.3, -0.25) is 4.90 Å². The highest BCUT2D eigenvalue weighted by molar-refractivity contribution is 5.78. The molecular formula is C12H23NO3. The second-order valence-electron chi connectivity index (χ2n) is 5.24. The maximum absolute atomic E-state index is 11.4. The van der Waals surface area contributed by atoms with E-state index in [0.717, 1.165) is 25.4 Å². The summed E-state index contributed by atoms with van der Waals surface area (Å²) in [5.74, 6) is 0.778. The number of aliphatic hydroxyl groups is 1. The van der Waals surface area contributed by atoms with Gasteiger partial charge in [0.05, 0.1) is 7.11 Å². The molecule has 0 aromatic rings. The number of nitrogens with zero attached hydrogens (tertiary/aromatic N) is 1. The van der Waals surface area contributed by atoms with Gasteiger partial charge in [-0.2, -0.15) is 0 Å². The number of hydrogen-bond acceptors (Lipinski definition) is 4. The Morgan fingerprint density at radius 2 is 2.12 bits per heavy atom. The first-order valence-corrected chi connectivity index (χ1v) is 5.90. The van der Waals surface area contributed by atoms with Crippen molar-refractivity contribution in [3.8, 4) is 0 Å². The Labute approximate surface area is 97.6 Å². The molecule has 0 bridgehead atoms. The summed E-state index contributed by atoms with van der Waals surface area (Å²) in [6, 6.07) is 0. The van der Waals surface area contributed by atoms with E-state index in [1.165, 1.54) is 14.0 Å². The van der Waals surface area contributed by atoms with E-state index in [2.05, 4.69) is 23.5 Å². The van der Waals surface area contributed by atoms with Crippen molar-refractivity contribution < 1.29 is 14.6 Å².